The number of β-amino-alcohol motifs (C(OH)–C–C–N with tert-alkyl or cyclic N) is 1. The Kier molecular flexibility index (Phi) is 19.5. The lowest BCUT2D eigenvalue weighted by atomic mass is 9.81. The monoisotopic (exact) mass is 1020 g/mol. The molecule has 6 rings (SSSR count). The van der Waals surface area contributed by atoms with E-state index in [2.05, 4.69) is 31.2 Å². The van der Waals surface area contributed by atoms with Crippen LogP contribution in [0.25, 0.3) is 16.5 Å². The molecule has 0 unspecified atom stereocenters. The van der Waals surface area contributed by atoms with Gasteiger partial charge in [0.05, 0.1) is 47.8 Å². The fraction of sp³-hybridized carbons (Fsp3) is 0.500. The number of aryl methyl sites for hydroxylation is 1. The van der Waals surface area contributed by atoms with E-state index in [9.17, 15) is 42.3 Å². The molecule has 0 bridgehead atoms. The molecule has 14 nitrogen and oxygen atoms in total. The smallest absolute Gasteiger partial charge is 0.391 e. The number of hydrogen-bond donors (Lipinski definition) is 5. The molecular formula is C54H68F3N7O7S. The summed E-state index contributed by atoms with van der Waals surface area (Å²) in [4.78, 5) is 77.6. The van der Waals surface area contributed by atoms with E-state index in [0.29, 0.717) is 43.5 Å². The number of alkyl halides is 3. The third kappa shape index (κ3) is 15.9. The van der Waals surface area contributed by atoms with Crippen LogP contribution in [-0.2, 0) is 38.7 Å². The van der Waals surface area contributed by atoms with Crippen molar-refractivity contribution in [3.8, 4) is 16.2 Å². The number of likely N-dealkylation sites (tertiary alicyclic amines) is 1. The number of rotatable bonds is 21. The Bertz CT molecular complexity index is 2520. The van der Waals surface area contributed by atoms with Crippen molar-refractivity contribution in [3.63, 3.8) is 0 Å². The van der Waals surface area contributed by atoms with Crippen LogP contribution in [0.2, 0.25) is 0 Å². The summed E-state index contributed by atoms with van der Waals surface area (Å²) in [6.07, 6.45) is 4.37. The first-order valence-electron chi connectivity index (χ1n) is 24.8. The second-order valence-electron chi connectivity index (χ2n) is 20.0. The Morgan fingerprint density at radius 2 is 1.58 bits per heavy atom. The zero-order chi connectivity index (χ0) is 52.0. The van der Waals surface area contributed by atoms with Crippen molar-refractivity contribution in [1.82, 2.24) is 36.1 Å². The topological polar surface area (TPSA) is 192 Å². The molecule has 5 amide bonds. The zero-order valence-corrected chi connectivity index (χ0v) is 42.6. The number of methoxy groups -OCH3 is 1. The van der Waals surface area contributed by atoms with Crippen LogP contribution in [0.15, 0.2) is 72.4 Å². The number of aliphatic hydroxyl groups is 1. The number of aromatic nitrogens is 2. The normalized spacial score (nSPS) is 18.7. The van der Waals surface area contributed by atoms with Gasteiger partial charge in [-0.15, -0.1) is 11.3 Å². The largest absolute Gasteiger partial charge is 0.495 e. The first-order valence-corrected chi connectivity index (χ1v) is 25.6. The van der Waals surface area contributed by atoms with Gasteiger partial charge in [0.2, 0.25) is 23.6 Å². The quantitative estimate of drug-likeness (QED) is 0.0512. The number of nitrogens with zero attached hydrogens (tertiary/aromatic N) is 3. The molecule has 1 saturated heterocycles. The average molecular weight is 1020 g/mol. The minimum atomic E-state index is -4.17. The highest BCUT2D eigenvalue weighted by Crippen LogP contribution is 2.40. The number of ether oxygens (including phenoxy) is 1. The Balaban J connectivity index is 0.876. The molecule has 388 valence electrons. The minimum Gasteiger partial charge on any atom is -0.495 e. The van der Waals surface area contributed by atoms with E-state index in [1.807, 2.05) is 82.3 Å². The van der Waals surface area contributed by atoms with Crippen LogP contribution in [0.3, 0.4) is 0 Å². The van der Waals surface area contributed by atoms with E-state index in [1.165, 1.54) is 18.2 Å². The first-order chi connectivity index (χ1) is 34.3. The van der Waals surface area contributed by atoms with Gasteiger partial charge in [0.25, 0.3) is 5.91 Å². The molecule has 5 N–H and O–H groups in total. The van der Waals surface area contributed by atoms with E-state index in [0.717, 1.165) is 45.7 Å². The zero-order valence-electron chi connectivity index (χ0n) is 41.8. The van der Waals surface area contributed by atoms with Gasteiger partial charge in [0.15, 0.2) is 0 Å². The number of carbonyl (C=O) groups is 5. The maximum atomic E-state index is 14.0. The number of unbranched alkanes of at least 4 members (excludes halogenated alkanes) is 3. The Morgan fingerprint density at radius 3 is 2.26 bits per heavy atom. The standard InChI is InChI=1S/C54H68F3N7O7S/c1-34-48(72-33-62-34)39-19-15-36(16-20-39)29-61-51(69)44-28-42(65)32-64(44)52(70)49(53(2,3)4)63-46(66)13-8-6-7-9-24-58-47(67)26-37-11-10-12-38(25-37)30-60-50(68)43-27-40(45(71-5)31-59-43)21-14-35-17-22-41(23-18-35)54(55,56)57/h10-12,14-16,19-21,25,27,31,33,35,41-42,44,49,65H,6-9,13,17-18,22-24,26,28-30,32H2,1-5H3,(H,58,67)(H,60,68)(H,61,69)(H,63,66)/b21-14+/t35-,41-,42-,44+,49-/m1/s1. The molecule has 1 saturated carbocycles. The van der Waals surface area contributed by atoms with Gasteiger partial charge >= 0.3 is 6.18 Å². The third-order valence-corrected chi connectivity index (χ3v) is 14.3. The number of hydrogen-bond acceptors (Lipinski definition) is 10. The number of amides is 5. The van der Waals surface area contributed by atoms with Crippen molar-refractivity contribution in [2.75, 3.05) is 20.2 Å². The van der Waals surface area contributed by atoms with Crippen LogP contribution >= 0.6 is 11.3 Å². The van der Waals surface area contributed by atoms with Crippen molar-refractivity contribution >= 4 is 46.9 Å². The summed E-state index contributed by atoms with van der Waals surface area (Å²) in [5.74, 6) is -2.45. The molecule has 72 heavy (non-hydrogen) atoms. The van der Waals surface area contributed by atoms with Gasteiger partial charge in [-0.1, -0.05) is 94.3 Å². The molecule has 3 atom stereocenters. The highest BCUT2D eigenvalue weighted by Gasteiger charge is 2.45. The Hall–Kier alpha value is -6.14. The second-order valence-corrected chi connectivity index (χ2v) is 20.8. The fourth-order valence-corrected chi connectivity index (χ4v) is 9.95. The Labute approximate surface area is 424 Å². The number of allylic oxidation sites excluding steroid dienone is 1. The highest BCUT2D eigenvalue weighted by molar-refractivity contribution is 7.13. The van der Waals surface area contributed by atoms with Gasteiger partial charge in [-0.3, -0.25) is 24.0 Å². The first kappa shape index (κ1) is 55.2. The summed E-state index contributed by atoms with van der Waals surface area (Å²) in [6, 6.07) is 15.0. The number of nitrogens with one attached hydrogen (secondary N) is 4. The lowest BCUT2D eigenvalue weighted by molar-refractivity contribution is -0.183. The molecule has 4 aromatic rings. The molecule has 2 aliphatic rings. The summed E-state index contributed by atoms with van der Waals surface area (Å²) in [5.41, 5.74) is 6.34. The third-order valence-electron chi connectivity index (χ3n) is 13.3. The summed E-state index contributed by atoms with van der Waals surface area (Å²) in [5, 5.41) is 22.2. The van der Waals surface area contributed by atoms with Gasteiger partial charge < -0.3 is 36.0 Å². The predicted molar refractivity (Wildman–Crippen MR) is 270 cm³/mol. The average Bonchev–Trinajstić information content (AvgIpc) is 3.97. The van der Waals surface area contributed by atoms with Gasteiger partial charge in [-0.25, -0.2) is 9.97 Å². The van der Waals surface area contributed by atoms with Crippen LogP contribution < -0.4 is 26.0 Å². The minimum absolute atomic E-state index is 0.000672. The van der Waals surface area contributed by atoms with Crippen molar-refractivity contribution in [3.05, 3.63) is 106 Å². The molecule has 0 spiro atoms. The predicted octanol–water partition coefficient (Wildman–Crippen LogP) is 8.25. The van der Waals surface area contributed by atoms with E-state index in [1.54, 1.807) is 29.0 Å². The number of carbonyl (C=O) groups excluding carboxylic acids is 5. The van der Waals surface area contributed by atoms with Gasteiger partial charge in [0.1, 0.15) is 23.5 Å². The van der Waals surface area contributed by atoms with Gasteiger partial charge in [-0.2, -0.15) is 13.2 Å². The molecular weight excluding hydrogens is 948 g/mol. The molecule has 0 radical (unpaired) electrons. The van der Waals surface area contributed by atoms with E-state index in [-0.39, 0.29) is 81.1 Å². The van der Waals surface area contributed by atoms with E-state index >= 15 is 0 Å². The van der Waals surface area contributed by atoms with Crippen LogP contribution in [-0.4, -0.2) is 94.1 Å². The maximum absolute atomic E-state index is 14.0. The second kappa shape index (κ2) is 25.5. The summed E-state index contributed by atoms with van der Waals surface area (Å²) in [7, 11) is 1.48. The summed E-state index contributed by atoms with van der Waals surface area (Å²) >= 11 is 1.57. The highest BCUT2D eigenvalue weighted by atomic mass is 32.1. The van der Waals surface area contributed by atoms with E-state index in [4.69, 9.17) is 4.74 Å². The Morgan fingerprint density at radius 1 is 0.875 bits per heavy atom. The number of pyridine rings is 1. The molecule has 2 aromatic heterocycles. The fourth-order valence-electron chi connectivity index (χ4n) is 9.14. The van der Waals surface area contributed by atoms with Crippen LogP contribution in [0.1, 0.15) is 123 Å². The van der Waals surface area contributed by atoms with Crippen LogP contribution in [0.5, 0.6) is 5.75 Å². The molecule has 18 heteroatoms. The lowest BCUT2D eigenvalue weighted by Gasteiger charge is -2.35. The number of benzene rings is 2. The van der Waals surface area contributed by atoms with Gasteiger partial charge in [-0.05, 0) is 85.1 Å². The lowest BCUT2D eigenvalue weighted by Crippen LogP contribution is -2.57. The molecule has 3 heterocycles. The molecule has 1 aliphatic carbocycles. The van der Waals surface area contributed by atoms with Crippen LogP contribution in [0, 0.1) is 24.2 Å². The summed E-state index contributed by atoms with van der Waals surface area (Å²) < 4.78 is 44.8. The van der Waals surface area contributed by atoms with Crippen molar-refractivity contribution in [1.29, 1.82) is 0 Å². The SMILES string of the molecule is COc1cnc(C(=O)NCc2cccc(CC(=O)NCCCCCCC(=O)N[C@H](C(=O)N3C[C@H](O)C[C@H]3C(=O)NCc3ccc(-c4scnc4C)cc3)C(C)(C)C)c2)cc1/C=C/[C@H]1CC[C@H](C(F)(F)F)CC1. The summed E-state index contributed by atoms with van der Waals surface area (Å²) in [6.45, 7) is 8.40. The molecule has 2 fully saturated rings. The van der Waals surface area contributed by atoms with Crippen LogP contribution in [0.4, 0.5) is 13.2 Å². The number of aliphatic hydroxyl groups excluding tert-OH is 1. The molecule has 1 aliphatic heterocycles. The van der Waals surface area contributed by atoms with Crippen molar-refractivity contribution in [2.24, 2.45) is 17.3 Å². The van der Waals surface area contributed by atoms with Crippen molar-refractivity contribution < 1.29 is 47.0 Å². The number of halogens is 3. The van der Waals surface area contributed by atoms with E-state index < -0.39 is 47.5 Å². The maximum Gasteiger partial charge on any atom is 0.391 e. The van der Waals surface area contributed by atoms with Crippen molar-refractivity contribution in [2.45, 2.75) is 136 Å². The number of thiazole rings is 1. The van der Waals surface area contributed by atoms with Gasteiger partial charge in [0, 0.05) is 44.6 Å². The molecule has 2 aromatic carbocycles.